The SMILES string of the molecule is NC(c1cc(F)ccc1F)c1ccc(Br)cc1C(F)(F)F. The number of hydrogen-bond acceptors (Lipinski definition) is 1. The van der Waals surface area contributed by atoms with Gasteiger partial charge in [-0.2, -0.15) is 13.2 Å². The monoisotopic (exact) mass is 365 g/mol. The largest absolute Gasteiger partial charge is 0.416 e. The Balaban J connectivity index is 2.58. The van der Waals surface area contributed by atoms with Crippen LogP contribution in [0.3, 0.4) is 0 Å². The van der Waals surface area contributed by atoms with Gasteiger partial charge in [-0.3, -0.25) is 0 Å². The van der Waals surface area contributed by atoms with Crippen molar-refractivity contribution in [1.82, 2.24) is 0 Å². The van der Waals surface area contributed by atoms with E-state index in [0.717, 1.165) is 30.3 Å². The average molecular weight is 366 g/mol. The van der Waals surface area contributed by atoms with Gasteiger partial charge in [-0.1, -0.05) is 22.0 Å². The molecular weight excluding hydrogens is 357 g/mol. The first-order chi connectivity index (χ1) is 9.70. The molecule has 0 aromatic heterocycles. The van der Waals surface area contributed by atoms with E-state index in [-0.39, 0.29) is 15.6 Å². The van der Waals surface area contributed by atoms with Gasteiger partial charge in [-0.05, 0) is 35.9 Å². The van der Waals surface area contributed by atoms with Crippen LogP contribution < -0.4 is 5.73 Å². The Bertz CT molecular complexity index is 669. The van der Waals surface area contributed by atoms with Crippen LogP contribution >= 0.6 is 15.9 Å². The summed E-state index contributed by atoms with van der Waals surface area (Å²) in [6.07, 6.45) is -4.65. The Morgan fingerprint density at radius 1 is 0.952 bits per heavy atom. The Morgan fingerprint density at radius 2 is 1.62 bits per heavy atom. The summed E-state index contributed by atoms with van der Waals surface area (Å²) in [6.45, 7) is 0. The highest BCUT2D eigenvalue weighted by atomic mass is 79.9. The Hall–Kier alpha value is -1.47. The van der Waals surface area contributed by atoms with Crippen molar-refractivity contribution in [3.05, 3.63) is 69.2 Å². The van der Waals surface area contributed by atoms with Crippen LogP contribution in [0.4, 0.5) is 22.0 Å². The zero-order valence-electron chi connectivity index (χ0n) is 10.4. The highest BCUT2D eigenvalue weighted by Gasteiger charge is 2.35. The fourth-order valence-corrected chi connectivity index (χ4v) is 2.33. The summed E-state index contributed by atoms with van der Waals surface area (Å²) in [5.74, 6) is -1.63. The van der Waals surface area contributed by atoms with Crippen molar-refractivity contribution in [3.8, 4) is 0 Å². The summed E-state index contributed by atoms with van der Waals surface area (Å²) in [6, 6.07) is 4.43. The van der Waals surface area contributed by atoms with Gasteiger partial charge in [0.25, 0.3) is 0 Å². The van der Waals surface area contributed by atoms with Crippen molar-refractivity contribution in [1.29, 1.82) is 0 Å². The van der Waals surface area contributed by atoms with E-state index in [1.807, 2.05) is 0 Å². The standard InChI is InChI=1S/C14H9BrF5N/c15-7-1-3-9(11(5-7)14(18,19)20)13(21)10-6-8(16)2-4-12(10)17/h1-6,13H,21H2. The molecule has 2 aromatic carbocycles. The lowest BCUT2D eigenvalue weighted by Crippen LogP contribution is -2.19. The molecule has 21 heavy (non-hydrogen) atoms. The molecule has 112 valence electrons. The lowest BCUT2D eigenvalue weighted by molar-refractivity contribution is -0.138. The molecule has 2 N–H and O–H groups in total. The molecule has 0 aliphatic rings. The molecule has 0 radical (unpaired) electrons. The zero-order valence-corrected chi connectivity index (χ0v) is 12.0. The molecule has 1 unspecified atom stereocenters. The molecule has 2 aromatic rings. The maximum atomic E-state index is 13.7. The van der Waals surface area contributed by atoms with Crippen LogP contribution in [0.15, 0.2) is 40.9 Å². The third-order valence-corrected chi connectivity index (χ3v) is 3.44. The fraction of sp³-hybridized carbons (Fsp3) is 0.143. The molecule has 0 heterocycles. The van der Waals surface area contributed by atoms with Gasteiger partial charge in [-0.15, -0.1) is 0 Å². The van der Waals surface area contributed by atoms with Gasteiger partial charge in [0.05, 0.1) is 11.6 Å². The van der Waals surface area contributed by atoms with Crippen molar-refractivity contribution in [2.45, 2.75) is 12.2 Å². The molecule has 2 rings (SSSR count). The van der Waals surface area contributed by atoms with E-state index < -0.39 is 29.4 Å². The van der Waals surface area contributed by atoms with Gasteiger partial charge in [0, 0.05) is 10.0 Å². The summed E-state index contributed by atoms with van der Waals surface area (Å²) in [5, 5.41) is 0. The van der Waals surface area contributed by atoms with Crippen LogP contribution in [-0.4, -0.2) is 0 Å². The molecule has 0 spiro atoms. The summed E-state index contributed by atoms with van der Waals surface area (Å²) in [5.41, 5.74) is 4.06. The maximum Gasteiger partial charge on any atom is 0.416 e. The molecule has 7 heteroatoms. The van der Waals surface area contributed by atoms with E-state index in [1.54, 1.807) is 0 Å². The van der Waals surface area contributed by atoms with Crippen LogP contribution in [0.2, 0.25) is 0 Å². The average Bonchev–Trinajstić information content (AvgIpc) is 2.40. The third-order valence-electron chi connectivity index (χ3n) is 2.95. The molecule has 1 atom stereocenters. The summed E-state index contributed by atoms with van der Waals surface area (Å²) in [4.78, 5) is 0. The summed E-state index contributed by atoms with van der Waals surface area (Å²) in [7, 11) is 0. The zero-order chi connectivity index (χ0) is 15.8. The second kappa shape index (κ2) is 5.73. The van der Waals surface area contributed by atoms with Gasteiger partial charge in [0.2, 0.25) is 0 Å². The molecule has 0 amide bonds. The van der Waals surface area contributed by atoms with Crippen LogP contribution in [0, 0.1) is 11.6 Å². The third kappa shape index (κ3) is 3.41. The van der Waals surface area contributed by atoms with E-state index in [4.69, 9.17) is 5.73 Å². The molecule has 0 saturated heterocycles. The summed E-state index contributed by atoms with van der Waals surface area (Å²) >= 11 is 2.95. The molecule has 0 bridgehead atoms. The van der Waals surface area contributed by atoms with Crippen LogP contribution in [-0.2, 0) is 6.18 Å². The van der Waals surface area contributed by atoms with Crippen molar-refractivity contribution in [2.75, 3.05) is 0 Å². The molecule has 0 aliphatic heterocycles. The topological polar surface area (TPSA) is 26.0 Å². The lowest BCUT2D eigenvalue weighted by Gasteiger charge is -2.19. The number of halogens is 6. The minimum Gasteiger partial charge on any atom is -0.320 e. The second-order valence-corrected chi connectivity index (χ2v) is 5.29. The van der Waals surface area contributed by atoms with E-state index in [2.05, 4.69) is 15.9 Å². The Kier molecular flexibility index (Phi) is 4.34. The maximum absolute atomic E-state index is 13.7. The highest BCUT2D eigenvalue weighted by molar-refractivity contribution is 9.10. The van der Waals surface area contributed by atoms with Crippen molar-refractivity contribution in [2.24, 2.45) is 5.73 Å². The van der Waals surface area contributed by atoms with Gasteiger partial charge in [0.15, 0.2) is 0 Å². The smallest absolute Gasteiger partial charge is 0.320 e. The summed E-state index contributed by atoms with van der Waals surface area (Å²) < 4.78 is 66.2. The second-order valence-electron chi connectivity index (χ2n) is 4.37. The van der Waals surface area contributed by atoms with E-state index >= 15 is 0 Å². The first-order valence-electron chi connectivity index (χ1n) is 5.77. The molecule has 1 nitrogen and oxygen atoms in total. The predicted molar refractivity (Wildman–Crippen MR) is 71.5 cm³/mol. The minimum absolute atomic E-state index is 0.213. The van der Waals surface area contributed by atoms with E-state index in [1.165, 1.54) is 6.07 Å². The lowest BCUT2D eigenvalue weighted by atomic mass is 9.94. The van der Waals surface area contributed by atoms with Gasteiger partial charge < -0.3 is 5.73 Å². The fourth-order valence-electron chi connectivity index (χ4n) is 1.97. The minimum atomic E-state index is -4.65. The molecule has 0 aliphatic carbocycles. The van der Waals surface area contributed by atoms with Crippen LogP contribution in [0.1, 0.15) is 22.7 Å². The Labute approximate surface area is 125 Å². The van der Waals surface area contributed by atoms with E-state index in [9.17, 15) is 22.0 Å². The number of benzene rings is 2. The van der Waals surface area contributed by atoms with Gasteiger partial charge in [0.1, 0.15) is 11.6 Å². The number of alkyl halides is 3. The highest BCUT2D eigenvalue weighted by Crippen LogP contribution is 2.37. The quantitative estimate of drug-likeness (QED) is 0.760. The van der Waals surface area contributed by atoms with E-state index in [0.29, 0.717) is 0 Å². The first kappa shape index (κ1) is 15.9. The van der Waals surface area contributed by atoms with Crippen LogP contribution in [0.25, 0.3) is 0 Å². The van der Waals surface area contributed by atoms with Gasteiger partial charge >= 0.3 is 6.18 Å². The van der Waals surface area contributed by atoms with Gasteiger partial charge in [-0.25, -0.2) is 8.78 Å². The van der Waals surface area contributed by atoms with Crippen LogP contribution in [0.5, 0.6) is 0 Å². The van der Waals surface area contributed by atoms with Crippen molar-refractivity contribution < 1.29 is 22.0 Å². The number of hydrogen-bond donors (Lipinski definition) is 1. The normalized spacial score (nSPS) is 13.3. The molecular formula is C14H9BrF5N. The Morgan fingerprint density at radius 3 is 2.24 bits per heavy atom. The molecule has 0 saturated carbocycles. The number of nitrogens with two attached hydrogens (primary N) is 1. The number of rotatable bonds is 2. The predicted octanol–water partition coefficient (Wildman–Crippen LogP) is 4.79. The van der Waals surface area contributed by atoms with Crippen molar-refractivity contribution >= 4 is 15.9 Å². The molecule has 0 fully saturated rings. The van der Waals surface area contributed by atoms with Crippen molar-refractivity contribution in [3.63, 3.8) is 0 Å². The first-order valence-corrected chi connectivity index (χ1v) is 6.56.